The molecule has 0 heterocycles. The molecule has 0 saturated heterocycles. The van der Waals surface area contributed by atoms with Crippen LogP contribution in [0.5, 0.6) is 0 Å². The summed E-state index contributed by atoms with van der Waals surface area (Å²) in [5.41, 5.74) is 6.00. The molecule has 3 N–H and O–H groups in total. The summed E-state index contributed by atoms with van der Waals surface area (Å²) >= 11 is 0. The second kappa shape index (κ2) is 5.46. The number of rotatable bonds is 4. The molecule has 0 aliphatic carbocycles. The quantitative estimate of drug-likeness (QED) is 0.761. The Bertz CT molecular complexity index is 382. The van der Waals surface area contributed by atoms with Crippen LogP contribution < -0.4 is 11.1 Å². The van der Waals surface area contributed by atoms with Crippen molar-refractivity contribution in [2.75, 3.05) is 19.0 Å². The van der Waals surface area contributed by atoms with Gasteiger partial charge in [-0.1, -0.05) is 0 Å². The molecule has 0 aliphatic rings. The lowest BCUT2D eigenvalue weighted by Crippen LogP contribution is -2.25. The smallest absolute Gasteiger partial charge is 0.340 e. The zero-order chi connectivity index (χ0) is 12.1. The minimum Gasteiger partial charge on any atom is -0.465 e. The molecule has 0 aromatic heterocycles. The highest BCUT2D eigenvalue weighted by Crippen LogP contribution is 2.16. The third-order valence-corrected chi connectivity index (χ3v) is 2.14. The number of nitrogens with one attached hydrogen (secondary N) is 1. The molecule has 0 aliphatic heterocycles. The molecular weight excluding hydrogens is 211 g/mol. The maximum Gasteiger partial charge on any atom is 0.340 e. The van der Waals surface area contributed by atoms with Gasteiger partial charge >= 0.3 is 5.97 Å². The normalized spacial score (nSPS) is 12.0. The predicted octanol–water partition coefficient (Wildman–Crippen LogP) is 1.37. The predicted molar refractivity (Wildman–Crippen MR) is 59.9 cm³/mol. The third-order valence-electron chi connectivity index (χ3n) is 2.14. The molecule has 0 radical (unpaired) electrons. The number of hydrogen-bond acceptors (Lipinski definition) is 4. The molecule has 0 bridgehead atoms. The van der Waals surface area contributed by atoms with Gasteiger partial charge in [-0.3, -0.25) is 0 Å². The van der Waals surface area contributed by atoms with Gasteiger partial charge in [0.05, 0.1) is 12.7 Å². The van der Waals surface area contributed by atoms with Gasteiger partial charge in [0, 0.05) is 18.3 Å². The van der Waals surface area contributed by atoms with Crippen molar-refractivity contribution < 1.29 is 13.9 Å². The first-order chi connectivity index (χ1) is 7.58. The van der Waals surface area contributed by atoms with Gasteiger partial charge < -0.3 is 15.8 Å². The van der Waals surface area contributed by atoms with E-state index in [1.807, 2.05) is 6.92 Å². The number of hydrogen-bond donors (Lipinski definition) is 2. The highest BCUT2D eigenvalue weighted by atomic mass is 19.1. The van der Waals surface area contributed by atoms with E-state index in [2.05, 4.69) is 10.1 Å². The standard InChI is InChI=1S/C11H15FN2O2/c1-7(6-13)14-8-3-4-10(12)9(5-8)11(15)16-2/h3-5,7,14H,6,13H2,1-2H3. The van der Waals surface area contributed by atoms with Crippen LogP contribution >= 0.6 is 0 Å². The van der Waals surface area contributed by atoms with Crippen LogP contribution in [0.3, 0.4) is 0 Å². The van der Waals surface area contributed by atoms with E-state index in [0.717, 1.165) is 0 Å². The van der Waals surface area contributed by atoms with Crippen molar-refractivity contribution in [3.8, 4) is 0 Å². The molecule has 5 heteroatoms. The van der Waals surface area contributed by atoms with E-state index >= 15 is 0 Å². The monoisotopic (exact) mass is 226 g/mol. The molecule has 1 atom stereocenters. The van der Waals surface area contributed by atoms with Crippen LogP contribution in [0.2, 0.25) is 0 Å². The summed E-state index contributed by atoms with van der Waals surface area (Å²) in [6.07, 6.45) is 0. The first-order valence-electron chi connectivity index (χ1n) is 4.93. The van der Waals surface area contributed by atoms with Crippen LogP contribution in [-0.4, -0.2) is 25.7 Å². The van der Waals surface area contributed by atoms with E-state index in [4.69, 9.17) is 5.73 Å². The first kappa shape index (κ1) is 12.4. The number of benzene rings is 1. The average Bonchev–Trinajstić information content (AvgIpc) is 2.30. The molecule has 4 nitrogen and oxygen atoms in total. The third kappa shape index (κ3) is 2.93. The van der Waals surface area contributed by atoms with E-state index in [0.29, 0.717) is 12.2 Å². The van der Waals surface area contributed by atoms with Crippen LogP contribution in [0.15, 0.2) is 18.2 Å². The maximum absolute atomic E-state index is 13.3. The fraction of sp³-hybridized carbons (Fsp3) is 0.364. The highest BCUT2D eigenvalue weighted by Gasteiger charge is 2.13. The molecule has 16 heavy (non-hydrogen) atoms. The average molecular weight is 226 g/mol. The Labute approximate surface area is 93.6 Å². The Balaban J connectivity index is 2.93. The van der Waals surface area contributed by atoms with E-state index in [1.165, 1.54) is 19.2 Å². The number of nitrogens with two attached hydrogens (primary N) is 1. The fourth-order valence-corrected chi connectivity index (χ4v) is 1.22. The number of carbonyl (C=O) groups excluding carboxylic acids is 1. The van der Waals surface area contributed by atoms with Gasteiger partial charge in [0.1, 0.15) is 5.82 Å². The molecule has 1 unspecified atom stereocenters. The van der Waals surface area contributed by atoms with Gasteiger partial charge in [-0.25, -0.2) is 9.18 Å². The number of esters is 1. The Morgan fingerprint density at radius 1 is 1.62 bits per heavy atom. The molecule has 1 aromatic rings. The number of anilines is 1. The van der Waals surface area contributed by atoms with E-state index in [9.17, 15) is 9.18 Å². The van der Waals surface area contributed by atoms with Gasteiger partial charge in [-0.05, 0) is 25.1 Å². The summed E-state index contributed by atoms with van der Waals surface area (Å²) in [5.74, 6) is -1.29. The van der Waals surface area contributed by atoms with E-state index in [1.54, 1.807) is 6.07 Å². The second-order valence-electron chi connectivity index (χ2n) is 3.47. The highest BCUT2D eigenvalue weighted by molar-refractivity contribution is 5.90. The summed E-state index contributed by atoms with van der Waals surface area (Å²) in [6.45, 7) is 2.34. The molecule has 1 aromatic carbocycles. The summed E-state index contributed by atoms with van der Waals surface area (Å²) in [5, 5.41) is 3.04. The van der Waals surface area contributed by atoms with Crippen LogP contribution in [0.1, 0.15) is 17.3 Å². The van der Waals surface area contributed by atoms with Crippen molar-refractivity contribution in [1.82, 2.24) is 0 Å². The van der Waals surface area contributed by atoms with Gasteiger partial charge in [0.2, 0.25) is 0 Å². The van der Waals surface area contributed by atoms with Gasteiger partial charge in [0.25, 0.3) is 0 Å². The minimum atomic E-state index is -0.693. The Morgan fingerprint density at radius 3 is 2.88 bits per heavy atom. The van der Waals surface area contributed by atoms with Crippen LogP contribution in [0, 0.1) is 5.82 Å². The van der Waals surface area contributed by atoms with Gasteiger partial charge in [-0.2, -0.15) is 0 Å². The summed E-state index contributed by atoms with van der Waals surface area (Å²) < 4.78 is 17.7. The largest absolute Gasteiger partial charge is 0.465 e. The molecule has 0 amide bonds. The minimum absolute atomic E-state index is 0.0518. The summed E-state index contributed by atoms with van der Waals surface area (Å²) in [7, 11) is 1.21. The SMILES string of the molecule is COC(=O)c1cc(NC(C)CN)ccc1F. The van der Waals surface area contributed by atoms with Crippen LogP contribution in [0.25, 0.3) is 0 Å². The van der Waals surface area contributed by atoms with Crippen LogP contribution in [0.4, 0.5) is 10.1 Å². The topological polar surface area (TPSA) is 64.3 Å². The number of methoxy groups -OCH3 is 1. The van der Waals surface area contributed by atoms with Crippen molar-refractivity contribution in [3.05, 3.63) is 29.6 Å². The van der Waals surface area contributed by atoms with Gasteiger partial charge in [0.15, 0.2) is 0 Å². The Kier molecular flexibility index (Phi) is 4.25. The van der Waals surface area contributed by atoms with Crippen LogP contribution in [-0.2, 0) is 4.74 Å². The lowest BCUT2D eigenvalue weighted by molar-refractivity contribution is 0.0595. The lowest BCUT2D eigenvalue weighted by atomic mass is 10.1. The van der Waals surface area contributed by atoms with Crippen molar-refractivity contribution in [1.29, 1.82) is 0 Å². The number of carbonyl (C=O) groups is 1. The molecule has 88 valence electrons. The van der Waals surface area contributed by atoms with Gasteiger partial charge in [-0.15, -0.1) is 0 Å². The molecule has 0 saturated carbocycles. The van der Waals surface area contributed by atoms with E-state index in [-0.39, 0.29) is 11.6 Å². The molecule has 0 spiro atoms. The zero-order valence-corrected chi connectivity index (χ0v) is 9.29. The molecule has 1 rings (SSSR count). The lowest BCUT2D eigenvalue weighted by Gasteiger charge is -2.13. The molecule has 0 fully saturated rings. The summed E-state index contributed by atoms with van der Waals surface area (Å²) in [6, 6.07) is 4.23. The molecular formula is C11H15FN2O2. The zero-order valence-electron chi connectivity index (χ0n) is 9.29. The summed E-state index contributed by atoms with van der Waals surface area (Å²) in [4.78, 5) is 11.2. The second-order valence-corrected chi connectivity index (χ2v) is 3.47. The number of ether oxygens (including phenoxy) is 1. The number of halogens is 1. The van der Waals surface area contributed by atoms with Crippen molar-refractivity contribution >= 4 is 11.7 Å². The maximum atomic E-state index is 13.3. The van der Waals surface area contributed by atoms with Crippen molar-refractivity contribution in [3.63, 3.8) is 0 Å². The van der Waals surface area contributed by atoms with E-state index < -0.39 is 11.8 Å². The fourth-order valence-electron chi connectivity index (χ4n) is 1.22. The first-order valence-corrected chi connectivity index (χ1v) is 4.93. The Morgan fingerprint density at radius 2 is 2.31 bits per heavy atom. The Hall–Kier alpha value is -1.62. The van der Waals surface area contributed by atoms with Crippen molar-refractivity contribution in [2.24, 2.45) is 5.73 Å². The van der Waals surface area contributed by atoms with Crippen molar-refractivity contribution in [2.45, 2.75) is 13.0 Å².